The Bertz CT molecular complexity index is 380. The first-order chi connectivity index (χ1) is 8.16. The van der Waals surface area contributed by atoms with Gasteiger partial charge in [-0.25, -0.2) is 0 Å². The first-order valence-corrected chi connectivity index (χ1v) is 5.83. The third kappa shape index (κ3) is 4.94. The lowest BCUT2D eigenvalue weighted by Gasteiger charge is -2.21. The molecule has 0 amide bonds. The summed E-state index contributed by atoms with van der Waals surface area (Å²) in [5, 5.41) is 0. The second-order valence-corrected chi connectivity index (χ2v) is 3.68. The Morgan fingerprint density at radius 3 is 2.35 bits per heavy atom. The van der Waals surface area contributed by atoms with Gasteiger partial charge in [-0.15, -0.1) is 0 Å². The van der Waals surface area contributed by atoms with Crippen molar-refractivity contribution in [3.05, 3.63) is 53.8 Å². The number of hydrogen-bond acceptors (Lipinski definition) is 1. The number of benzene rings is 1. The molecule has 0 unspecified atom stereocenters. The summed E-state index contributed by atoms with van der Waals surface area (Å²) in [6.07, 6.45) is 6.21. The summed E-state index contributed by atoms with van der Waals surface area (Å²) in [7, 11) is 6.59. The fourth-order valence-corrected chi connectivity index (χ4v) is 1.48. The van der Waals surface area contributed by atoms with Crippen LogP contribution in [0.2, 0.25) is 6.82 Å². The Kier molecular flexibility index (Phi) is 7.95. The number of nitrogens with zero attached hydrogens (tertiary/aromatic N) is 1. The Hall–Kier alpha value is -1.44. The molecular formula is C15H22BN. The van der Waals surface area contributed by atoms with Crippen LogP contribution in [0.1, 0.15) is 19.4 Å². The second kappa shape index (κ2) is 8.69. The molecule has 0 aliphatic rings. The highest BCUT2D eigenvalue weighted by molar-refractivity contribution is 6.05. The van der Waals surface area contributed by atoms with Crippen LogP contribution >= 0.6 is 0 Å². The summed E-state index contributed by atoms with van der Waals surface area (Å²) >= 11 is 0. The molecule has 2 heteroatoms. The fraction of sp³-hybridized carbons (Fsp3) is 0.333. The van der Waals surface area contributed by atoms with Gasteiger partial charge < -0.3 is 4.90 Å². The predicted octanol–water partition coefficient (Wildman–Crippen LogP) is 4.11. The molecule has 0 spiro atoms. The maximum atomic E-state index is 4.50. The van der Waals surface area contributed by atoms with Gasteiger partial charge in [0.25, 0.3) is 0 Å². The highest BCUT2D eigenvalue weighted by Crippen LogP contribution is 2.21. The first-order valence-electron chi connectivity index (χ1n) is 5.83. The van der Waals surface area contributed by atoms with Crippen LogP contribution in [-0.2, 0) is 0 Å². The van der Waals surface area contributed by atoms with E-state index in [2.05, 4.69) is 70.1 Å². The van der Waals surface area contributed by atoms with Gasteiger partial charge in [0.05, 0.1) is 7.85 Å². The molecule has 1 aromatic rings. The number of aryl methyl sites for hydroxylation is 1. The molecule has 0 atom stereocenters. The van der Waals surface area contributed by atoms with Crippen LogP contribution in [0.3, 0.4) is 0 Å². The smallest absolute Gasteiger partial charge is 0.0606 e. The zero-order valence-corrected chi connectivity index (χ0v) is 11.6. The van der Waals surface area contributed by atoms with Crippen LogP contribution in [0.15, 0.2) is 48.2 Å². The number of allylic oxidation sites excluding steroid dienone is 4. The van der Waals surface area contributed by atoms with Crippen molar-refractivity contribution in [1.29, 1.82) is 0 Å². The van der Waals surface area contributed by atoms with E-state index in [0.717, 1.165) is 0 Å². The van der Waals surface area contributed by atoms with E-state index in [-0.39, 0.29) is 0 Å². The summed E-state index contributed by atoms with van der Waals surface area (Å²) in [5.41, 5.74) is 3.80. The Morgan fingerprint density at radius 1 is 1.24 bits per heavy atom. The monoisotopic (exact) mass is 227 g/mol. The van der Waals surface area contributed by atoms with E-state index in [1.54, 1.807) is 0 Å². The summed E-state index contributed by atoms with van der Waals surface area (Å²) in [5.74, 6) is 0. The van der Waals surface area contributed by atoms with Crippen molar-refractivity contribution in [1.82, 2.24) is 0 Å². The van der Waals surface area contributed by atoms with Gasteiger partial charge in [-0.2, -0.15) is 0 Å². The maximum Gasteiger partial charge on any atom is 0.0606 e. The summed E-state index contributed by atoms with van der Waals surface area (Å²) in [6, 6.07) is 8.41. The third-order valence-corrected chi connectivity index (χ3v) is 2.54. The number of hydrogen-bond donors (Lipinski definition) is 0. The van der Waals surface area contributed by atoms with Gasteiger partial charge in [-0.05, 0) is 38.5 Å². The van der Waals surface area contributed by atoms with Crippen molar-refractivity contribution in [2.45, 2.75) is 27.6 Å². The molecule has 0 fully saturated rings. The highest BCUT2D eigenvalue weighted by atomic mass is 15.1. The van der Waals surface area contributed by atoms with E-state index in [0.29, 0.717) is 0 Å². The maximum absolute atomic E-state index is 4.50. The van der Waals surface area contributed by atoms with Gasteiger partial charge in [0.1, 0.15) is 0 Å². The van der Waals surface area contributed by atoms with Gasteiger partial charge in [-0.3, -0.25) is 0 Å². The van der Waals surface area contributed by atoms with Gasteiger partial charge in [0, 0.05) is 18.4 Å². The SMILES string of the molecule is C/C=C\C=C(/C)N(C)c1ccccc1C.[B]C. The van der Waals surface area contributed by atoms with Gasteiger partial charge in [0.15, 0.2) is 0 Å². The average Bonchev–Trinajstić information content (AvgIpc) is 2.38. The summed E-state index contributed by atoms with van der Waals surface area (Å²) < 4.78 is 0. The van der Waals surface area contributed by atoms with E-state index in [9.17, 15) is 0 Å². The molecule has 0 bridgehead atoms. The molecule has 1 aromatic carbocycles. The normalized spacial score (nSPS) is 11.0. The lowest BCUT2D eigenvalue weighted by atomic mass is 10.2. The van der Waals surface area contributed by atoms with E-state index in [1.165, 1.54) is 23.8 Å². The van der Waals surface area contributed by atoms with E-state index in [4.69, 9.17) is 0 Å². The lowest BCUT2D eigenvalue weighted by molar-refractivity contribution is 1.08. The molecule has 1 rings (SSSR count). The molecule has 0 aromatic heterocycles. The van der Waals surface area contributed by atoms with E-state index < -0.39 is 0 Å². The van der Waals surface area contributed by atoms with Crippen LogP contribution in [0.25, 0.3) is 0 Å². The largest absolute Gasteiger partial charge is 0.348 e. The van der Waals surface area contributed by atoms with Crippen molar-refractivity contribution >= 4 is 13.5 Å². The van der Waals surface area contributed by atoms with Crippen LogP contribution in [0.5, 0.6) is 0 Å². The number of para-hydroxylation sites is 1. The number of rotatable bonds is 3. The summed E-state index contributed by atoms with van der Waals surface area (Å²) in [6.45, 7) is 7.78. The van der Waals surface area contributed by atoms with Crippen molar-refractivity contribution in [2.24, 2.45) is 0 Å². The minimum atomic E-state index is 1.24. The van der Waals surface area contributed by atoms with Crippen molar-refractivity contribution in [2.75, 3.05) is 11.9 Å². The van der Waals surface area contributed by atoms with Gasteiger partial charge in [0.2, 0.25) is 0 Å². The topological polar surface area (TPSA) is 3.24 Å². The molecule has 2 radical (unpaired) electrons. The van der Waals surface area contributed by atoms with Crippen molar-refractivity contribution in [3.8, 4) is 0 Å². The van der Waals surface area contributed by atoms with Crippen LogP contribution in [-0.4, -0.2) is 14.9 Å². The van der Waals surface area contributed by atoms with Crippen LogP contribution in [0, 0.1) is 6.92 Å². The zero-order chi connectivity index (χ0) is 13.3. The third-order valence-electron chi connectivity index (χ3n) is 2.54. The molecule has 17 heavy (non-hydrogen) atoms. The molecule has 90 valence electrons. The zero-order valence-electron chi connectivity index (χ0n) is 11.6. The lowest BCUT2D eigenvalue weighted by Crippen LogP contribution is -2.14. The summed E-state index contributed by atoms with van der Waals surface area (Å²) in [4.78, 5) is 2.20. The fourth-order valence-electron chi connectivity index (χ4n) is 1.48. The number of anilines is 1. The quantitative estimate of drug-likeness (QED) is 0.554. The average molecular weight is 227 g/mol. The van der Waals surface area contributed by atoms with Crippen LogP contribution in [0.4, 0.5) is 5.69 Å². The Labute approximate surface area is 107 Å². The van der Waals surface area contributed by atoms with Crippen molar-refractivity contribution in [3.63, 3.8) is 0 Å². The van der Waals surface area contributed by atoms with Gasteiger partial charge >= 0.3 is 0 Å². The van der Waals surface area contributed by atoms with Crippen molar-refractivity contribution < 1.29 is 0 Å². The first kappa shape index (κ1) is 15.6. The van der Waals surface area contributed by atoms with E-state index in [1.807, 2.05) is 13.0 Å². The Morgan fingerprint density at radius 2 is 1.82 bits per heavy atom. The predicted molar refractivity (Wildman–Crippen MR) is 79.8 cm³/mol. The Balaban J connectivity index is 0.00000121. The molecular weight excluding hydrogens is 205 g/mol. The molecule has 0 aliphatic carbocycles. The molecule has 0 N–H and O–H groups in total. The van der Waals surface area contributed by atoms with Gasteiger partial charge in [-0.1, -0.05) is 37.2 Å². The molecule has 1 nitrogen and oxygen atoms in total. The standard InChI is InChI=1S/C14H19N.CH3B/c1-5-6-10-13(3)15(4)14-11-8-7-9-12(14)2;1-2/h5-11H,1-4H3;1H3/b6-5-,13-10+;. The molecule has 0 saturated heterocycles. The minimum Gasteiger partial charge on any atom is -0.348 e. The molecule has 0 saturated carbocycles. The second-order valence-electron chi connectivity index (χ2n) is 3.68. The molecule has 0 aliphatic heterocycles. The highest BCUT2D eigenvalue weighted by Gasteiger charge is 2.03. The van der Waals surface area contributed by atoms with Crippen LogP contribution < -0.4 is 4.90 Å². The minimum absolute atomic E-state index is 1.24. The molecule has 0 heterocycles. The van der Waals surface area contributed by atoms with E-state index >= 15 is 0 Å².